The minimum absolute atomic E-state index is 0.0419. The SMILES string of the molecule is COc1cccc2c1C=C(C(=O)N[C@@H](CC1CC1)C(=O)C[C@@]1(C#N)C[C@@H]3C[C@H]1[C@H]1C(=O)NC[C@H]31)C2. The topological polar surface area (TPSA) is 108 Å². The summed E-state index contributed by atoms with van der Waals surface area (Å²) in [5.74, 6) is 1.35. The van der Waals surface area contributed by atoms with E-state index in [9.17, 15) is 19.6 Å². The number of ketones is 1. The Morgan fingerprint density at radius 3 is 2.91 bits per heavy atom. The largest absolute Gasteiger partial charge is 0.496 e. The standard InChI is InChI=1S/C28H31N3O4/c1-35-24-4-2-3-16-8-17(9-19(16)24)26(33)31-22(7-15-5-6-15)23(32)12-28(14-29)11-18-10-21(28)25-20(18)13-30-27(25)34/h2-4,9,15,18,20-22,25H,5-8,10-13H2,1H3,(H,30,34)(H,31,33)/t18-,20+,21-,22-,25-,28+/m0/s1. The molecule has 3 saturated carbocycles. The Bertz CT molecular complexity index is 1180. The molecule has 0 spiro atoms. The molecule has 4 fully saturated rings. The monoisotopic (exact) mass is 473 g/mol. The molecule has 6 atom stereocenters. The van der Waals surface area contributed by atoms with E-state index in [2.05, 4.69) is 16.7 Å². The summed E-state index contributed by atoms with van der Waals surface area (Å²) in [6.45, 7) is 0.697. The average Bonchev–Trinajstić information content (AvgIpc) is 3.18. The Hall–Kier alpha value is -3.14. The smallest absolute Gasteiger partial charge is 0.248 e. The Labute approximate surface area is 205 Å². The van der Waals surface area contributed by atoms with Gasteiger partial charge in [-0.1, -0.05) is 25.0 Å². The maximum atomic E-state index is 13.6. The number of amides is 2. The molecule has 2 amide bonds. The van der Waals surface area contributed by atoms with Crippen molar-refractivity contribution >= 4 is 23.7 Å². The van der Waals surface area contributed by atoms with Gasteiger partial charge in [0.1, 0.15) is 5.75 Å². The molecule has 4 aliphatic carbocycles. The van der Waals surface area contributed by atoms with Gasteiger partial charge < -0.3 is 15.4 Å². The van der Waals surface area contributed by atoms with Gasteiger partial charge in [-0.15, -0.1) is 0 Å². The van der Waals surface area contributed by atoms with Gasteiger partial charge >= 0.3 is 0 Å². The average molecular weight is 474 g/mol. The molecule has 35 heavy (non-hydrogen) atoms. The predicted molar refractivity (Wildman–Crippen MR) is 128 cm³/mol. The van der Waals surface area contributed by atoms with Crippen molar-refractivity contribution in [3.05, 3.63) is 34.9 Å². The van der Waals surface area contributed by atoms with Crippen LogP contribution >= 0.6 is 0 Å². The quantitative estimate of drug-likeness (QED) is 0.604. The van der Waals surface area contributed by atoms with Crippen molar-refractivity contribution in [2.45, 2.75) is 51.0 Å². The van der Waals surface area contributed by atoms with E-state index in [0.29, 0.717) is 49.1 Å². The van der Waals surface area contributed by atoms with Crippen LogP contribution in [0.3, 0.4) is 0 Å². The Balaban J connectivity index is 1.19. The summed E-state index contributed by atoms with van der Waals surface area (Å²) in [7, 11) is 1.62. The highest BCUT2D eigenvalue weighted by molar-refractivity contribution is 6.03. The molecule has 1 aliphatic heterocycles. The molecule has 7 nitrogen and oxygen atoms in total. The molecule has 1 saturated heterocycles. The number of carbonyl (C=O) groups excluding carboxylic acids is 3. The Kier molecular flexibility index (Phi) is 5.24. The lowest BCUT2D eigenvalue weighted by molar-refractivity contribution is -0.130. The Morgan fingerprint density at radius 2 is 2.17 bits per heavy atom. The van der Waals surface area contributed by atoms with Crippen LogP contribution in [0.2, 0.25) is 0 Å². The van der Waals surface area contributed by atoms with E-state index in [1.807, 2.05) is 24.3 Å². The number of methoxy groups -OCH3 is 1. The van der Waals surface area contributed by atoms with E-state index in [1.165, 1.54) is 0 Å². The maximum Gasteiger partial charge on any atom is 0.248 e. The van der Waals surface area contributed by atoms with Crippen LogP contribution in [-0.4, -0.2) is 37.3 Å². The number of Topliss-reactive ketones (excluding diaryl/α,β-unsaturated/α-hetero) is 1. The number of hydrogen-bond acceptors (Lipinski definition) is 5. The van der Waals surface area contributed by atoms with Gasteiger partial charge in [0, 0.05) is 36.4 Å². The van der Waals surface area contributed by atoms with Crippen molar-refractivity contribution in [2.75, 3.05) is 13.7 Å². The molecule has 0 radical (unpaired) electrons. The summed E-state index contributed by atoms with van der Waals surface area (Å²) in [6, 6.07) is 7.67. The van der Waals surface area contributed by atoms with Crippen molar-refractivity contribution in [1.29, 1.82) is 5.26 Å². The predicted octanol–water partition coefficient (Wildman–Crippen LogP) is 2.79. The van der Waals surface area contributed by atoms with Gasteiger partial charge in [0.25, 0.3) is 0 Å². The highest BCUT2D eigenvalue weighted by atomic mass is 16.5. The van der Waals surface area contributed by atoms with Crippen LogP contribution in [0.4, 0.5) is 0 Å². The second kappa shape index (κ2) is 8.22. The van der Waals surface area contributed by atoms with Gasteiger partial charge in [-0.3, -0.25) is 14.4 Å². The molecular formula is C28H31N3O4. The number of carbonyl (C=O) groups is 3. The first-order valence-corrected chi connectivity index (χ1v) is 12.8. The number of nitriles is 1. The van der Waals surface area contributed by atoms with Crippen LogP contribution in [-0.2, 0) is 20.8 Å². The normalized spacial score (nSPS) is 32.8. The van der Waals surface area contributed by atoms with E-state index >= 15 is 0 Å². The highest BCUT2D eigenvalue weighted by Crippen LogP contribution is 2.63. The lowest BCUT2D eigenvalue weighted by Crippen LogP contribution is -2.46. The van der Waals surface area contributed by atoms with E-state index in [-0.39, 0.29) is 35.9 Å². The van der Waals surface area contributed by atoms with Crippen LogP contribution in [0.5, 0.6) is 5.75 Å². The zero-order valence-corrected chi connectivity index (χ0v) is 20.0. The van der Waals surface area contributed by atoms with Crippen molar-refractivity contribution in [3.8, 4) is 11.8 Å². The van der Waals surface area contributed by atoms with Gasteiger partial charge in [-0.25, -0.2) is 0 Å². The molecule has 6 rings (SSSR count). The number of benzene rings is 1. The third-order valence-corrected chi connectivity index (χ3v) is 9.25. The lowest BCUT2D eigenvalue weighted by Gasteiger charge is -2.36. The molecule has 0 unspecified atom stereocenters. The third-order valence-electron chi connectivity index (χ3n) is 9.25. The van der Waals surface area contributed by atoms with Gasteiger partial charge in [0.05, 0.1) is 24.6 Å². The van der Waals surface area contributed by atoms with Crippen LogP contribution in [0.25, 0.3) is 6.08 Å². The number of rotatable bonds is 8. The van der Waals surface area contributed by atoms with E-state index in [0.717, 1.165) is 36.1 Å². The second-order valence-corrected chi connectivity index (χ2v) is 11.2. The number of hydrogen-bond donors (Lipinski definition) is 2. The van der Waals surface area contributed by atoms with Gasteiger partial charge in [0.15, 0.2) is 5.78 Å². The summed E-state index contributed by atoms with van der Waals surface area (Å²) in [5.41, 5.74) is 1.78. The minimum Gasteiger partial charge on any atom is -0.496 e. The third kappa shape index (κ3) is 3.65. The van der Waals surface area contributed by atoms with E-state index < -0.39 is 11.5 Å². The fourth-order valence-electron chi connectivity index (χ4n) is 7.35. The second-order valence-electron chi connectivity index (χ2n) is 11.2. The lowest BCUT2D eigenvalue weighted by atomic mass is 9.63. The summed E-state index contributed by atoms with van der Waals surface area (Å²) in [4.78, 5) is 39.4. The van der Waals surface area contributed by atoms with Crippen molar-refractivity contribution in [2.24, 2.45) is 35.0 Å². The summed E-state index contributed by atoms with van der Waals surface area (Å²) in [6.07, 6.45) is 6.78. The van der Waals surface area contributed by atoms with E-state index in [1.54, 1.807) is 7.11 Å². The van der Waals surface area contributed by atoms with Crippen LogP contribution < -0.4 is 15.4 Å². The van der Waals surface area contributed by atoms with E-state index in [4.69, 9.17) is 4.74 Å². The number of ether oxygens (including phenoxy) is 1. The van der Waals surface area contributed by atoms with Crippen molar-refractivity contribution in [3.63, 3.8) is 0 Å². The molecule has 1 heterocycles. The van der Waals surface area contributed by atoms with Crippen LogP contribution in [0.15, 0.2) is 23.8 Å². The first kappa shape index (κ1) is 22.3. The minimum atomic E-state index is -0.798. The molecule has 1 aromatic rings. The van der Waals surface area contributed by atoms with Crippen molar-refractivity contribution in [1.82, 2.24) is 10.6 Å². The highest BCUT2D eigenvalue weighted by Gasteiger charge is 2.64. The zero-order chi connectivity index (χ0) is 24.3. The van der Waals surface area contributed by atoms with Crippen LogP contribution in [0, 0.1) is 46.3 Å². The number of nitrogens with zero attached hydrogens (tertiary/aromatic N) is 1. The molecule has 2 bridgehead atoms. The molecule has 2 N–H and O–H groups in total. The van der Waals surface area contributed by atoms with Gasteiger partial charge in [0.2, 0.25) is 11.8 Å². The summed E-state index contributed by atoms with van der Waals surface area (Å²) < 4.78 is 5.44. The van der Waals surface area contributed by atoms with Crippen molar-refractivity contribution < 1.29 is 19.1 Å². The molecule has 5 aliphatic rings. The number of nitrogens with one attached hydrogen (secondary N) is 2. The zero-order valence-electron chi connectivity index (χ0n) is 20.0. The molecule has 0 aromatic heterocycles. The first-order valence-electron chi connectivity index (χ1n) is 12.8. The fraction of sp³-hybridized carbons (Fsp3) is 0.571. The molecule has 7 heteroatoms. The number of fused-ring (bicyclic) bond motifs is 6. The van der Waals surface area contributed by atoms with Gasteiger partial charge in [-0.2, -0.15) is 5.26 Å². The first-order chi connectivity index (χ1) is 16.9. The molecule has 1 aromatic carbocycles. The Morgan fingerprint density at radius 1 is 1.34 bits per heavy atom. The van der Waals surface area contributed by atoms with Crippen LogP contribution in [0.1, 0.15) is 49.7 Å². The fourth-order valence-corrected chi connectivity index (χ4v) is 7.35. The van der Waals surface area contributed by atoms with Gasteiger partial charge in [-0.05, 0) is 60.6 Å². The summed E-state index contributed by atoms with van der Waals surface area (Å²) in [5, 5.41) is 16.2. The molecule has 182 valence electrons. The molecular weight excluding hydrogens is 442 g/mol. The maximum absolute atomic E-state index is 13.6. The summed E-state index contributed by atoms with van der Waals surface area (Å²) >= 11 is 0.